The lowest BCUT2D eigenvalue weighted by molar-refractivity contribution is -0.131. The van der Waals surface area contributed by atoms with E-state index >= 15 is 0 Å². The molecular formula is C26H54N2O5S3. The van der Waals surface area contributed by atoms with E-state index in [0.717, 1.165) is 24.3 Å². The monoisotopic (exact) mass is 570 g/mol. The van der Waals surface area contributed by atoms with Crippen LogP contribution in [0.4, 0.5) is 0 Å². The molecule has 0 aromatic heterocycles. The molecule has 10 heteroatoms. The molecule has 0 aliphatic carbocycles. The van der Waals surface area contributed by atoms with Crippen LogP contribution >= 0.6 is 35.3 Å². The van der Waals surface area contributed by atoms with E-state index in [1.807, 2.05) is 37.4 Å². The predicted octanol–water partition coefficient (Wildman–Crippen LogP) is 3.34. The Bertz CT molecular complexity index is 557. The Morgan fingerprint density at radius 3 is 2.08 bits per heavy atom. The van der Waals surface area contributed by atoms with Gasteiger partial charge >= 0.3 is 0 Å². The number of rotatable bonds is 23. The minimum Gasteiger partial charge on any atom is -0.394 e. The number of aliphatic hydroxyl groups is 4. The first kappa shape index (κ1) is 36.3. The van der Waals surface area contributed by atoms with E-state index in [9.17, 15) is 25.2 Å². The standard InChI is InChI=1S/C26H54N2O5S3/c1-7-12-34-16-21(35-13-8-2)9-10-23(32)27-11-14-36-25(5,6)15-22(20(3)4)24(33)28-26(17-29,18-30)19-31/h20-23,27,29-32H,7-19H2,1-6H3,(H,28,33). The third-order valence-electron chi connectivity index (χ3n) is 6.10. The van der Waals surface area contributed by atoms with Crippen LogP contribution < -0.4 is 10.6 Å². The number of hydrogen-bond acceptors (Lipinski definition) is 9. The Labute approximate surface area is 233 Å². The first-order valence-corrected chi connectivity index (χ1v) is 16.6. The van der Waals surface area contributed by atoms with Gasteiger partial charge < -0.3 is 25.7 Å². The second-order valence-corrected chi connectivity index (χ2v) is 14.9. The number of aliphatic hydroxyl groups excluding tert-OH is 4. The predicted molar refractivity (Wildman–Crippen MR) is 159 cm³/mol. The van der Waals surface area contributed by atoms with E-state index in [1.54, 1.807) is 11.8 Å². The van der Waals surface area contributed by atoms with Gasteiger partial charge in [-0.05, 0) is 49.5 Å². The number of carbonyl (C=O) groups excluding carboxylic acids is 1. The van der Waals surface area contributed by atoms with Crippen LogP contribution in [0.3, 0.4) is 0 Å². The van der Waals surface area contributed by atoms with Crippen LogP contribution in [0.15, 0.2) is 0 Å². The Morgan fingerprint density at radius 2 is 1.56 bits per heavy atom. The minimum atomic E-state index is -1.41. The van der Waals surface area contributed by atoms with Crippen LogP contribution in [-0.2, 0) is 4.79 Å². The maximum absolute atomic E-state index is 12.9. The zero-order chi connectivity index (χ0) is 27.6. The molecule has 1 amide bonds. The van der Waals surface area contributed by atoms with E-state index in [1.165, 1.54) is 24.3 Å². The molecule has 0 saturated heterocycles. The van der Waals surface area contributed by atoms with Gasteiger partial charge in [0.05, 0.1) is 19.8 Å². The fourth-order valence-electron chi connectivity index (χ4n) is 3.70. The summed E-state index contributed by atoms with van der Waals surface area (Å²) in [7, 11) is 0. The van der Waals surface area contributed by atoms with Gasteiger partial charge in [0.2, 0.25) is 5.91 Å². The second kappa shape index (κ2) is 20.3. The molecule has 0 heterocycles. The molecule has 0 rings (SSSR count). The van der Waals surface area contributed by atoms with Crippen molar-refractivity contribution in [2.24, 2.45) is 11.8 Å². The van der Waals surface area contributed by atoms with Crippen molar-refractivity contribution < 1.29 is 25.2 Å². The summed E-state index contributed by atoms with van der Waals surface area (Å²) in [5, 5.41) is 45.6. The SMILES string of the molecule is CCCSCC(CCC(O)NCCSC(C)(C)CC(C(=O)NC(CO)(CO)CO)C(C)C)SCCC. The third kappa shape index (κ3) is 15.7. The normalized spacial score (nSPS) is 15.2. The van der Waals surface area contributed by atoms with Crippen molar-refractivity contribution in [3.8, 4) is 0 Å². The lowest BCUT2D eigenvalue weighted by atomic mass is 9.85. The van der Waals surface area contributed by atoms with E-state index in [-0.39, 0.29) is 22.5 Å². The fourth-order valence-corrected chi connectivity index (χ4v) is 7.20. The molecule has 0 fully saturated rings. The summed E-state index contributed by atoms with van der Waals surface area (Å²) in [6, 6.07) is 0. The van der Waals surface area contributed by atoms with Crippen LogP contribution in [0.1, 0.15) is 73.6 Å². The number of thioether (sulfide) groups is 3. The molecule has 0 aliphatic heterocycles. The molecule has 216 valence electrons. The molecule has 0 saturated carbocycles. The Kier molecular flexibility index (Phi) is 20.4. The third-order valence-corrected chi connectivity index (χ3v) is 10.5. The molecule has 0 bridgehead atoms. The number of carbonyl (C=O) groups is 1. The van der Waals surface area contributed by atoms with Crippen molar-refractivity contribution in [1.29, 1.82) is 0 Å². The van der Waals surface area contributed by atoms with Crippen molar-refractivity contribution in [3.63, 3.8) is 0 Å². The second-order valence-electron chi connectivity index (χ2n) is 10.5. The van der Waals surface area contributed by atoms with Crippen LogP contribution in [-0.4, -0.2) is 97.5 Å². The summed E-state index contributed by atoms with van der Waals surface area (Å²) in [6.45, 7) is 11.7. The highest BCUT2D eigenvalue weighted by Crippen LogP contribution is 2.34. The number of hydrogen-bond donors (Lipinski definition) is 6. The Hall–Kier alpha value is 0.320. The Balaban J connectivity index is 4.60. The molecule has 0 aromatic rings. The van der Waals surface area contributed by atoms with E-state index in [0.29, 0.717) is 18.2 Å². The zero-order valence-corrected chi connectivity index (χ0v) is 25.9. The summed E-state index contributed by atoms with van der Waals surface area (Å²) in [5.74, 6) is 3.80. The highest BCUT2D eigenvalue weighted by molar-refractivity contribution is 8.03. The molecule has 36 heavy (non-hydrogen) atoms. The van der Waals surface area contributed by atoms with Gasteiger partial charge in [-0.15, -0.1) is 0 Å². The molecule has 7 nitrogen and oxygen atoms in total. The molecule has 6 N–H and O–H groups in total. The summed E-state index contributed by atoms with van der Waals surface area (Å²) >= 11 is 5.80. The maximum atomic E-state index is 12.9. The summed E-state index contributed by atoms with van der Waals surface area (Å²) in [4.78, 5) is 12.9. The zero-order valence-electron chi connectivity index (χ0n) is 23.4. The molecular weight excluding hydrogens is 516 g/mol. The van der Waals surface area contributed by atoms with Gasteiger partial charge in [0.25, 0.3) is 0 Å². The molecule has 0 spiro atoms. The summed E-state index contributed by atoms with van der Waals surface area (Å²) < 4.78 is -0.183. The van der Waals surface area contributed by atoms with Gasteiger partial charge in [0.1, 0.15) is 11.8 Å². The number of nitrogens with one attached hydrogen (secondary N) is 2. The minimum absolute atomic E-state index is 0.0626. The van der Waals surface area contributed by atoms with Gasteiger partial charge in [-0.3, -0.25) is 10.1 Å². The van der Waals surface area contributed by atoms with E-state index < -0.39 is 31.6 Å². The van der Waals surface area contributed by atoms with Crippen LogP contribution in [0.2, 0.25) is 0 Å². The van der Waals surface area contributed by atoms with Crippen molar-refractivity contribution >= 4 is 41.2 Å². The van der Waals surface area contributed by atoms with E-state index in [4.69, 9.17) is 0 Å². The van der Waals surface area contributed by atoms with Gasteiger partial charge in [0, 0.05) is 34.0 Å². The fraction of sp³-hybridized carbons (Fsp3) is 0.962. The molecule has 3 atom stereocenters. The molecule has 0 aliphatic rings. The lowest BCUT2D eigenvalue weighted by Crippen LogP contribution is -2.59. The van der Waals surface area contributed by atoms with Gasteiger partial charge in [-0.25, -0.2) is 0 Å². The topological polar surface area (TPSA) is 122 Å². The molecule has 0 aromatic carbocycles. The average molecular weight is 571 g/mol. The van der Waals surface area contributed by atoms with Crippen molar-refractivity contribution in [2.45, 2.75) is 95.4 Å². The van der Waals surface area contributed by atoms with Crippen LogP contribution in [0.25, 0.3) is 0 Å². The maximum Gasteiger partial charge on any atom is 0.224 e. The smallest absolute Gasteiger partial charge is 0.224 e. The highest BCUT2D eigenvalue weighted by Gasteiger charge is 2.36. The lowest BCUT2D eigenvalue weighted by Gasteiger charge is -2.35. The summed E-state index contributed by atoms with van der Waals surface area (Å²) in [5.41, 5.74) is -1.41. The first-order chi connectivity index (χ1) is 17.0. The van der Waals surface area contributed by atoms with Crippen molar-refractivity contribution in [2.75, 3.05) is 49.4 Å². The van der Waals surface area contributed by atoms with Gasteiger partial charge in [-0.1, -0.05) is 41.5 Å². The molecule has 0 radical (unpaired) electrons. The van der Waals surface area contributed by atoms with Crippen LogP contribution in [0.5, 0.6) is 0 Å². The number of amides is 1. The van der Waals surface area contributed by atoms with Crippen LogP contribution in [0, 0.1) is 11.8 Å². The van der Waals surface area contributed by atoms with Crippen molar-refractivity contribution in [1.82, 2.24) is 10.6 Å². The van der Waals surface area contributed by atoms with E-state index in [2.05, 4.69) is 38.3 Å². The first-order valence-electron chi connectivity index (χ1n) is 13.4. The molecule has 3 unspecified atom stereocenters. The average Bonchev–Trinajstić information content (AvgIpc) is 2.85. The van der Waals surface area contributed by atoms with Crippen molar-refractivity contribution in [3.05, 3.63) is 0 Å². The quantitative estimate of drug-likeness (QED) is 0.0811. The summed E-state index contributed by atoms with van der Waals surface area (Å²) in [6.07, 6.45) is 4.25. The largest absolute Gasteiger partial charge is 0.394 e. The Morgan fingerprint density at radius 1 is 0.944 bits per heavy atom. The highest BCUT2D eigenvalue weighted by atomic mass is 32.2. The van der Waals surface area contributed by atoms with Gasteiger partial charge in [0.15, 0.2) is 0 Å². The van der Waals surface area contributed by atoms with Gasteiger partial charge in [-0.2, -0.15) is 35.3 Å².